The first-order valence-corrected chi connectivity index (χ1v) is 8.45. The molecule has 0 aromatic heterocycles. The number of hydrogen-bond donors (Lipinski definition) is 2. The Morgan fingerprint density at radius 1 is 1.25 bits per heavy atom. The highest BCUT2D eigenvalue weighted by Gasteiger charge is 2.28. The minimum absolute atomic E-state index is 0.0729. The van der Waals surface area contributed by atoms with Crippen molar-refractivity contribution in [1.29, 1.82) is 0 Å². The molecule has 122 valence electrons. The molecule has 0 amide bonds. The Labute approximate surface area is 145 Å². The van der Waals surface area contributed by atoms with Gasteiger partial charge in [0, 0.05) is 29.7 Å². The number of nitrogens with one attached hydrogen (secondary N) is 2. The molecule has 0 spiro atoms. The van der Waals surface area contributed by atoms with Gasteiger partial charge in [0.05, 0.1) is 6.10 Å². The fourth-order valence-electron chi connectivity index (χ4n) is 3.25. The Balaban J connectivity index is 1.50. The van der Waals surface area contributed by atoms with Gasteiger partial charge in [-0.2, -0.15) is 5.10 Å². The molecule has 0 bridgehead atoms. The predicted molar refractivity (Wildman–Crippen MR) is 97.5 cm³/mol. The van der Waals surface area contributed by atoms with E-state index in [-0.39, 0.29) is 11.9 Å². The Morgan fingerprint density at radius 3 is 2.79 bits per heavy atom. The number of rotatable bonds is 3. The standard InChI is InChI=1S/C18H17N3O2S/c22-17-14-8-2-5-11-4-1-7-13(15(11)14)16(17)20-21-18(24)19-10-12-6-3-9-23-12/h1-2,4-5,7-8,12H,3,6,9-10H2,(H2,19,21,24). The number of thiocarbonyl (C=S) groups is 1. The largest absolute Gasteiger partial charge is 0.376 e. The summed E-state index contributed by atoms with van der Waals surface area (Å²) in [5.74, 6) is -0.0729. The van der Waals surface area contributed by atoms with Crippen LogP contribution in [0.3, 0.4) is 0 Å². The lowest BCUT2D eigenvalue weighted by atomic mass is 10.1. The molecule has 1 saturated heterocycles. The molecular weight excluding hydrogens is 322 g/mol. The lowest BCUT2D eigenvalue weighted by Crippen LogP contribution is -2.37. The third-order valence-electron chi connectivity index (χ3n) is 4.40. The van der Waals surface area contributed by atoms with Gasteiger partial charge in [0.25, 0.3) is 0 Å². The van der Waals surface area contributed by atoms with Gasteiger partial charge in [-0.15, -0.1) is 0 Å². The van der Waals surface area contributed by atoms with Crippen molar-refractivity contribution >= 4 is 39.6 Å². The summed E-state index contributed by atoms with van der Waals surface area (Å²) < 4.78 is 5.54. The summed E-state index contributed by atoms with van der Waals surface area (Å²) in [5.41, 5.74) is 4.74. The topological polar surface area (TPSA) is 62.7 Å². The molecule has 1 unspecified atom stereocenters. The van der Waals surface area contributed by atoms with E-state index in [1.54, 1.807) is 0 Å². The maximum Gasteiger partial charge on any atom is 0.214 e. The molecule has 1 aliphatic heterocycles. The molecule has 1 heterocycles. The van der Waals surface area contributed by atoms with E-state index in [4.69, 9.17) is 17.0 Å². The zero-order valence-electron chi connectivity index (χ0n) is 13.0. The zero-order chi connectivity index (χ0) is 16.5. The third-order valence-corrected chi connectivity index (χ3v) is 4.64. The van der Waals surface area contributed by atoms with Crippen molar-refractivity contribution in [3.05, 3.63) is 47.5 Å². The van der Waals surface area contributed by atoms with Gasteiger partial charge in [-0.1, -0.05) is 36.4 Å². The van der Waals surface area contributed by atoms with Crippen LogP contribution in [-0.2, 0) is 4.74 Å². The van der Waals surface area contributed by atoms with Gasteiger partial charge >= 0.3 is 0 Å². The molecule has 1 atom stereocenters. The van der Waals surface area contributed by atoms with Crippen LogP contribution in [0.25, 0.3) is 10.8 Å². The highest BCUT2D eigenvalue weighted by atomic mass is 32.1. The number of carbonyl (C=O) groups is 1. The number of benzene rings is 2. The maximum atomic E-state index is 12.6. The molecule has 1 fully saturated rings. The monoisotopic (exact) mass is 339 g/mol. The quantitative estimate of drug-likeness (QED) is 0.664. The van der Waals surface area contributed by atoms with Crippen molar-refractivity contribution in [2.45, 2.75) is 18.9 Å². The van der Waals surface area contributed by atoms with Crippen LogP contribution in [-0.4, -0.2) is 35.9 Å². The van der Waals surface area contributed by atoms with Crippen molar-refractivity contribution in [1.82, 2.24) is 10.7 Å². The summed E-state index contributed by atoms with van der Waals surface area (Å²) in [6, 6.07) is 11.6. The molecule has 2 N–H and O–H groups in total. The normalized spacial score (nSPS) is 20.8. The van der Waals surface area contributed by atoms with Crippen molar-refractivity contribution < 1.29 is 9.53 Å². The van der Waals surface area contributed by atoms with E-state index < -0.39 is 0 Å². The fraction of sp³-hybridized carbons (Fsp3) is 0.278. The predicted octanol–water partition coefficient (Wildman–Crippen LogP) is 2.38. The van der Waals surface area contributed by atoms with Gasteiger partial charge < -0.3 is 10.1 Å². The van der Waals surface area contributed by atoms with E-state index in [1.807, 2.05) is 36.4 Å². The van der Waals surface area contributed by atoms with Crippen LogP contribution in [0.4, 0.5) is 0 Å². The molecule has 2 aromatic carbocycles. The lowest BCUT2D eigenvalue weighted by molar-refractivity contribution is 0.106. The van der Waals surface area contributed by atoms with Crippen molar-refractivity contribution in [3.8, 4) is 0 Å². The zero-order valence-corrected chi connectivity index (χ0v) is 13.9. The lowest BCUT2D eigenvalue weighted by Gasteiger charge is -2.12. The van der Waals surface area contributed by atoms with E-state index in [2.05, 4.69) is 15.8 Å². The van der Waals surface area contributed by atoms with Crippen LogP contribution >= 0.6 is 12.2 Å². The van der Waals surface area contributed by atoms with Gasteiger partial charge in [0.1, 0.15) is 5.71 Å². The average molecular weight is 339 g/mol. The minimum Gasteiger partial charge on any atom is -0.376 e. The summed E-state index contributed by atoms with van der Waals surface area (Å²) in [6.07, 6.45) is 2.33. The van der Waals surface area contributed by atoms with Gasteiger partial charge in [-0.05, 0) is 30.4 Å². The fourth-order valence-corrected chi connectivity index (χ4v) is 3.38. The summed E-state index contributed by atoms with van der Waals surface area (Å²) >= 11 is 5.23. The van der Waals surface area contributed by atoms with Crippen LogP contribution in [0.15, 0.2) is 41.5 Å². The summed E-state index contributed by atoms with van der Waals surface area (Å²) in [4.78, 5) is 12.6. The van der Waals surface area contributed by atoms with Crippen molar-refractivity contribution in [2.24, 2.45) is 5.10 Å². The molecular formula is C18H17N3O2S. The van der Waals surface area contributed by atoms with Gasteiger partial charge in [0.15, 0.2) is 5.11 Å². The van der Waals surface area contributed by atoms with E-state index in [1.165, 1.54) is 0 Å². The van der Waals surface area contributed by atoms with Crippen LogP contribution in [0.1, 0.15) is 28.8 Å². The smallest absolute Gasteiger partial charge is 0.214 e. The molecule has 24 heavy (non-hydrogen) atoms. The highest BCUT2D eigenvalue weighted by Crippen LogP contribution is 2.30. The Hall–Kier alpha value is -2.31. The molecule has 5 nitrogen and oxygen atoms in total. The Bertz CT molecular complexity index is 851. The third kappa shape index (κ3) is 2.68. The van der Waals surface area contributed by atoms with Gasteiger partial charge in [0.2, 0.25) is 5.78 Å². The first-order chi connectivity index (χ1) is 11.7. The van der Waals surface area contributed by atoms with Crippen molar-refractivity contribution in [3.63, 3.8) is 0 Å². The van der Waals surface area contributed by atoms with E-state index in [0.717, 1.165) is 35.8 Å². The summed E-state index contributed by atoms with van der Waals surface area (Å²) in [6.45, 7) is 1.46. The van der Waals surface area contributed by atoms with Gasteiger partial charge in [-0.25, -0.2) is 0 Å². The van der Waals surface area contributed by atoms with Crippen LogP contribution in [0.2, 0.25) is 0 Å². The average Bonchev–Trinajstić information content (AvgIpc) is 3.21. The van der Waals surface area contributed by atoms with Crippen LogP contribution in [0, 0.1) is 0 Å². The second-order valence-corrected chi connectivity index (χ2v) is 6.36. The molecule has 6 heteroatoms. The van der Waals surface area contributed by atoms with Gasteiger partial charge in [-0.3, -0.25) is 10.2 Å². The first kappa shape index (κ1) is 15.2. The number of hydrogen-bond acceptors (Lipinski definition) is 4. The molecule has 2 aliphatic rings. The molecule has 1 aliphatic carbocycles. The second kappa shape index (κ2) is 6.30. The number of carbonyl (C=O) groups excluding carboxylic acids is 1. The number of ketones is 1. The number of hydrazone groups is 1. The molecule has 4 rings (SSSR count). The second-order valence-electron chi connectivity index (χ2n) is 5.96. The maximum absolute atomic E-state index is 12.6. The molecule has 0 saturated carbocycles. The first-order valence-electron chi connectivity index (χ1n) is 8.04. The summed E-state index contributed by atoms with van der Waals surface area (Å²) in [5, 5.41) is 9.75. The number of Topliss-reactive ketones (excluding diaryl/α,β-unsaturated/α-hetero) is 1. The minimum atomic E-state index is -0.0729. The van der Waals surface area contributed by atoms with Crippen LogP contribution < -0.4 is 10.7 Å². The Morgan fingerprint density at radius 2 is 2.04 bits per heavy atom. The molecule has 2 aromatic rings. The number of nitrogens with zero attached hydrogens (tertiary/aromatic N) is 1. The molecule has 0 radical (unpaired) electrons. The SMILES string of the molecule is O=C1C(=NNC(=S)NCC2CCCO2)c2cccc3cccc1c23. The summed E-state index contributed by atoms with van der Waals surface area (Å²) in [7, 11) is 0. The van der Waals surface area contributed by atoms with E-state index in [0.29, 0.717) is 22.9 Å². The Kier molecular flexibility index (Phi) is 4.00. The van der Waals surface area contributed by atoms with E-state index >= 15 is 0 Å². The highest BCUT2D eigenvalue weighted by molar-refractivity contribution is 7.80. The van der Waals surface area contributed by atoms with Crippen molar-refractivity contribution in [2.75, 3.05) is 13.2 Å². The van der Waals surface area contributed by atoms with E-state index in [9.17, 15) is 4.79 Å². The van der Waals surface area contributed by atoms with Crippen LogP contribution in [0.5, 0.6) is 0 Å². The number of ether oxygens (including phenoxy) is 1.